The van der Waals surface area contributed by atoms with Crippen LogP contribution in [0.1, 0.15) is 22.5 Å². The van der Waals surface area contributed by atoms with E-state index in [0.29, 0.717) is 12.3 Å². The van der Waals surface area contributed by atoms with Gasteiger partial charge in [0, 0.05) is 32.2 Å². The lowest BCUT2D eigenvalue weighted by Gasteiger charge is -2.05. The van der Waals surface area contributed by atoms with Gasteiger partial charge in [-0.05, 0) is 42.7 Å². The van der Waals surface area contributed by atoms with E-state index in [4.69, 9.17) is 4.74 Å². The molecule has 0 radical (unpaired) electrons. The van der Waals surface area contributed by atoms with E-state index in [1.807, 2.05) is 42.1 Å². The Kier molecular flexibility index (Phi) is 4.86. The molecule has 0 atom stereocenters. The van der Waals surface area contributed by atoms with E-state index >= 15 is 0 Å². The number of pyridine rings is 1. The third-order valence-corrected chi connectivity index (χ3v) is 2.97. The maximum Gasteiger partial charge on any atom is 0.204 e. The molecule has 2 rings (SSSR count). The van der Waals surface area contributed by atoms with Crippen molar-refractivity contribution in [3.8, 4) is 0 Å². The molecule has 0 amide bonds. The fourth-order valence-corrected chi connectivity index (χ4v) is 1.92. The number of hydrogen-bond acceptors (Lipinski definition) is 3. The number of hydrogen-bond donors (Lipinski definition) is 0. The van der Waals surface area contributed by atoms with Gasteiger partial charge >= 0.3 is 0 Å². The minimum Gasteiger partial charge on any atom is -0.373 e. The molecule has 2 aromatic heterocycles. The maximum atomic E-state index is 11.8. The topological polar surface area (TPSA) is 44.1 Å². The van der Waals surface area contributed by atoms with Gasteiger partial charge in [-0.25, -0.2) is 0 Å². The van der Waals surface area contributed by atoms with Crippen LogP contribution in [-0.2, 0) is 18.2 Å². The first-order chi connectivity index (χ1) is 9.27. The molecule has 0 fully saturated rings. The molecular formula is C15H18N2O2. The zero-order valence-corrected chi connectivity index (χ0v) is 11.1. The summed E-state index contributed by atoms with van der Waals surface area (Å²) in [6, 6.07) is 7.66. The second kappa shape index (κ2) is 6.85. The molecule has 0 bridgehead atoms. The lowest BCUT2D eigenvalue weighted by molar-refractivity contribution is 0.0748. The molecule has 2 heterocycles. The number of Topliss-reactive ketones (excluding diaryl/α,β-unsaturated/α-hetero) is 1. The van der Waals surface area contributed by atoms with E-state index in [9.17, 15) is 4.79 Å². The van der Waals surface area contributed by atoms with Crippen molar-refractivity contribution in [3.05, 3.63) is 54.1 Å². The van der Waals surface area contributed by atoms with Crippen molar-refractivity contribution in [2.24, 2.45) is 7.05 Å². The highest BCUT2D eigenvalue weighted by Crippen LogP contribution is 2.03. The third kappa shape index (κ3) is 4.03. The first-order valence-corrected chi connectivity index (χ1v) is 6.38. The predicted octanol–water partition coefficient (Wildman–Crippen LogP) is 2.25. The summed E-state index contributed by atoms with van der Waals surface area (Å²) in [6.07, 6.45) is 7.28. The smallest absolute Gasteiger partial charge is 0.204 e. The predicted molar refractivity (Wildman–Crippen MR) is 73.1 cm³/mol. The molecule has 0 aliphatic rings. The van der Waals surface area contributed by atoms with Gasteiger partial charge < -0.3 is 9.30 Å². The molecule has 0 aromatic carbocycles. The summed E-state index contributed by atoms with van der Waals surface area (Å²) in [7, 11) is 1.86. The van der Waals surface area contributed by atoms with Crippen LogP contribution in [0.5, 0.6) is 0 Å². The van der Waals surface area contributed by atoms with Crippen LogP contribution in [-0.4, -0.2) is 28.5 Å². The SMILES string of the molecule is Cn1cccc1C(=O)COCCCc1ccncc1. The van der Waals surface area contributed by atoms with Gasteiger partial charge in [-0.2, -0.15) is 0 Å². The fraction of sp³-hybridized carbons (Fsp3) is 0.333. The Morgan fingerprint density at radius 1 is 1.32 bits per heavy atom. The van der Waals surface area contributed by atoms with E-state index in [1.165, 1.54) is 5.56 Å². The Morgan fingerprint density at radius 3 is 2.79 bits per heavy atom. The largest absolute Gasteiger partial charge is 0.373 e. The molecule has 0 unspecified atom stereocenters. The summed E-state index contributed by atoms with van der Waals surface area (Å²) in [4.78, 5) is 15.8. The number of ketones is 1. The minimum absolute atomic E-state index is 0.0245. The van der Waals surface area contributed by atoms with E-state index in [2.05, 4.69) is 4.98 Å². The van der Waals surface area contributed by atoms with E-state index < -0.39 is 0 Å². The van der Waals surface area contributed by atoms with E-state index in [1.54, 1.807) is 12.4 Å². The molecule has 4 heteroatoms. The van der Waals surface area contributed by atoms with Crippen molar-refractivity contribution in [2.75, 3.05) is 13.2 Å². The molecule has 0 aliphatic carbocycles. The summed E-state index contributed by atoms with van der Waals surface area (Å²) in [5, 5.41) is 0. The molecule has 0 saturated heterocycles. The minimum atomic E-state index is 0.0245. The first kappa shape index (κ1) is 13.5. The van der Waals surface area contributed by atoms with Crippen molar-refractivity contribution in [2.45, 2.75) is 12.8 Å². The van der Waals surface area contributed by atoms with Gasteiger partial charge in [0.1, 0.15) is 6.61 Å². The molecule has 100 valence electrons. The van der Waals surface area contributed by atoms with Crippen LogP contribution in [0, 0.1) is 0 Å². The third-order valence-electron chi connectivity index (χ3n) is 2.97. The zero-order chi connectivity index (χ0) is 13.5. The molecule has 4 nitrogen and oxygen atoms in total. The Balaban J connectivity index is 1.65. The second-order valence-electron chi connectivity index (χ2n) is 4.44. The fourth-order valence-electron chi connectivity index (χ4n) is 1.92. The van der Waals surface area contributed by atoms with Crippen LogP contribution in [0.2, 0.25) is 0 Å². The first-order valence-electron chi connectivity index (χ1n) is 6.38. The number of carbonyl (C=O) groups excluding carboxylic acids is 1. The van der Waals surface area contributed by atoms with Gasteiger partial charge in [-0.3, -0.25) is 9.78 Å². The van der Waals surface area contributed by atoms with Crippen LogP contribution >= 0.6 is 0 Å². The van der Waals surface area contributed by atoms with Crippen LogP contribution in [0.3, 0.4) is 0 Å². The van der Waals surface area contributed by atoms with Crippen molar-refractivity contribution in [3.63, 3.8) is 0 Å². The van der Waals surface area contributed by atoms with Crippen LogP contribution in [0.4, 0.5) is 0 Å². The maximum absolute atomic E-state index is 11.8. The highest BCUT2D eigenvalue weighted by molar-refractivity contribution is 5.95. The number of ether oxygens (including phenoxy) is 1. The number of aromatic nitrogens is 2. The normalized spacial score (nSPS) is 10.6. The van der Waals surface area contributed by atoms with Gasteiger partial charge in [0.15, 0.2) is 0 Å². The Labute approximate surface area is 113 Å². The Bertz CT molecular complexity index is 520. The summed E-state index contributed by atoms with van der Waals surface area (Å²) in [5.41, 5.74) is 1.93. The second-order valence-corrected chi connectivity index (χ2v) is 4.44. The van der Waals surface area contributed by atoms with Gasteiger partial charge in [-0.15, -0.1) is 0 Å². The molecule has 2 aromatic rings. The van der Waals surface area contributed by atoms with Crippen molar-refractivity contribution >= 4 is 5.78 Å². The summed E-state index contributed by atoms with van der Waals surface area (Å²) in [5.74, 6) is 0.0245. The number of carbonyl (C=O) groups is 1. The van der Waals surface area contributed by atoms with Gasteiger partial charge in [0.05, 0.1) is 5.69 Å². The highest BCUT2D eigenvalue weighted by atomic mass is 16.5. The number of rotatable bonds is 7. The lowest BCUT2D eigenvalue weighted by Crippen LogP contribution is -2.13. The van der Waals surface area contributed by atoms with Crippen LogP contribution in [0.15, 0.2) is 42.9 Å². The molecule has 0 saturated carbocycles. The Hall–Kier alpha value is -1.94. The lowest BCUT2D eigenvalue weighted by atomic mass is 10.1. The molecule has 0 aliphatic heterocycles. The van der Waals surface area contributed by atoms with Crippen molar-refractivity contribution in [1.29, 1.82) is 0 Å². The van der Waals surface area contributed by atoms with Gasteiger partial charge in [0.2, 0.25) is 5.78 Å². The number of nitrogens with zero attached hydrogens (tertiary/aromatic N) is 2. The van der Waals surface area contributed by atoms with Crippen LogP contribution < -0.4 is 0 Å². The van der Waals surface area contributed by atoms with Gasteiger partial charge in [0.25, 0.3) is 0 Å². The molecular weight excluding hydrogens is 240 g/mol. The summed E-state index contributed by atoms with van der Waals surface area (Å²) >= 11 is 0. The van der Waals surface area contributed by atoms with Gasteiger partial charge in [-0.1, -0.05) is 0 Å². The average molecular weight is 258 g/mol. The highest BCUT2D eigenvalue weighted by Gasteiger charge is 2.08. The van der Waals surface area contributed by atoms with Crippen molar-refractivity contribution in [1.82, 2.24) is 9.55 Å². The van der Waals surface area contributed by atoms with Crippen molar-refractivity contribution < 1.29 is 9.53 Å². The monoisotopic (exact) mass is 258 g/mol. The summed E-state index contributed by atoms with van der Waals surface area (Å²) < 4.78 is 7.23. The average Bonchev–Trinajstić information content (AvgIpc) is 2.86. The Morgan fingerprint density at radius 2 is 2.11 bits per heavy atom. The van der Waals surface area contributed by atoms with E-state index in [0.717, 1.165) is 12.8 Å². The standard InChI is InChI=1S/C15H18N2O2/c1-17-10-2-5-14(17)15(18)12-19-11-3-4-13-6-8-16-9-7-13/h2,5-10H,3-4,11-12H2,1H3. The molecule has 19 heavy (non-hydrogen) atoms. The molecule has 0 spiro atoms. The van der Waals surface area contributed by atoms with E-state index in [-0.39, 0.29) is 12.4 Å². The van der Waals surface area contributed by atoms with Crippen LogP contribution in [0.25, 0.3) is 0 Å². The zero-order valence-electron chi connectivity index (χ0n) is 11.1. The quantitative estimate of drug-likeness (QED) is 0.565. The summed E-state index contributed by atoms with van der Waals surface area (Å²) in [6.45, 7) is 0.743. The molecule has 0 N–H and O–H groups in total. The number of aryl methyl sites for hydroxylation is 2.